The summed E-state index contributed by atoms with van der Waals surface area (Å²) in [4.78, 5) is 4.18. The van der Waals surface area contributed by atoms with Crippen molar-refractivity contribution in [2.24, 2.45) is 0 Å². The van der Waals surface area contributed by atoms with E-state index in [0.29, 0.717) is 5.56 Å². The van der Waals surface area contributed by atoms with Gasteiger partial charge in [0.2, 0.25) is 0 Å². The summed E-state index contributed by atoms with van der Waals surface area (Å²) in [5.74, 6) is -2.02. The van der Waals surface area contributed by atoms with Crippen LogP contribution in [-0.2, 0) is 0 Å². The van der Waals surface area contributed by atoms with Gasteiger partial charge in [0.25, 0.3) is 0 Å². The van der Waals surface area contributed by atoms with Gasteiger partial charge in [-0.15, -0.1) is 0 Å². The first-order valence-electron chi connectivity index (χ1n) is 6.19. The van der Waals surface area contributed by atoms with Crippen LogP contribution in [0.1, 0.15) is 5.56 Å². The Kier molecular flexibility index (Phi) is 3.33. The average Bonchev–Trinajstić information content (AvgIpc) is 2.43. The first kappa shape index (κ1) is 13.9. The number of hydrogen-bond acceptors (Lipinski definition) is 1. The van der Waals surface area contributed by atoms with Crippen molar-refractivity contribution >= 4 is 22.5 Å². The van der Waals surface area contributed by atoms with E-state index in [0.717, 1.165) is 12.1 Å². The van der Waals surface area contributed by atoms with Crippen LogP contribution in [-0.4, -0.2) is 4.98 Å². The van der Waals surface area contributed by atoms with Crippen LogP contribution in [0, 0.1) is 24.4 Å². The average molecular weight is 308 g/mol. The molecule has 0 aliphatic heterocycles. The molecule has 0 bridgehead atoms. The van der Waals surface area contributed by atoms with Gasteiger partial charge in [0.1, 0.15) is 17.5 Å². The Hall–Kier alpha value is -2.07. The Labute approximate surface area is 124 Å². The zero-order valence-electron chi connectivity index (χ0n) is 10.9. The van der Waals surface area contributed by atoms with Crippen molar-refractivity contribution in [2.75, 3.05) is 0 Å². The highest BCUT2D eigenvalue weighted by molar-refractivity contribution is 6.36. The summed E-state index contributed by atoms with van der Waals surface area (Å²) >= 11 is 6.17. The van der Waals surface area contributed by atoms with Gasteiger partial charge in [-0.05, 0) is 24.6 Å². The van der Waals surface area contributed by atoms with E-state index in [9.17, 15) is 13.2 Å². The molecule has 0 aliphatic rings. The van der Waals surface area contributed by atoms with Crippen LogP contribution >= 0.6 is 11.6 Å². The van der Waals surface area contributed by atoms with E-state index in [1.165, 1.54) is 6.07 Å². The molecular formula is C16H9ClF3N. The van der Waals surface area contributed by atoms with Gasteiger partial charge in [-0.25, -0.2) is 18.2 Å². The molecule has 0 saturated carbocycles. The standard InChI is InChI=1S/C16H9ClF3N/c1-8-15(17)14-12(20)6-9(18)7-13(14)21-16(8)10-4-2-3-5-11(10)19/h2-7H,1H3. The van der Waals surface area contributed by atoms with Crippen LogP contribution in [0.5, 0.6) is 0 Å². The number of pyridine rings is 1. The molecule has 21 heavy (non-hydrogen) atoms. The third kappa shape index (κ3) is 2.25. The molecule has 0 spiro atoms. The fraction of sp³-hybridized carbons (Fsp3) is 0.0625. The molecule has 1 heterocycles. The van der Waals surface area contributed by atoms with E-state index in [-0.39, 0.29) is 27.2 Å². The number of rotatable bonds is 1. The van der Waals surface area contributed by atoms with Crippen LogP contribution in [0.15, 0.2) is 36.4 Å². The molecule has 3 rings (SSSR count). The largest absolute Gasteiger partial charge is 0.247 e. The minimum absolute atomic E-state index is 0.0376. The fourth-order valence-electron chi connectivity index (χ4n) is 2.28. The number of halogens is 4. The zero-order valence-corrected chi connectivity index (χ0v) is 11.7. The van der Waals surface area contributed by atoms with Crippen LogP contribution in [0.4, 0.5) is 13.2 Å². The summed E-state index contributed by atoms with van der Waals surface area (Å²) < 4.78 is 41.1. The van der Waals surface area contributed by atoms with Gasteiger partial charge < -0.3 is 0 Å². The van der Waals surface area contributed by atoms with Gasteiger partial charge in [-0.3, -0.25) is 0 Å². The Bertz CT molecular complexity index is 862. The molecule has 106 valence electrons. The normalized spacial score (nSPS) is 11.1. The summed E-state index contributed by atoms with van der Waals surface area (Å²) in [5, 5.41) is 0.145. The number of benzene rings is 2. The molecule has 2 aromatic carbocycles. The highest BCUT2D eigenvalue weighted by Gasteiger charge is 2.17. The Balaban J connectivity index is 2.41. The van der Waals surface area contributed by atoms with Crippen molar-refractivity contribution < 1.29 is 13.2 Å². The molecule has 0 amide bonds. The van der Waals surface area contributed by atoms with E-state index in [1.807, 2.05) is 0 Å². The summed E-state index contributed by atoms with van der Waals surface area (Å²) in [7, 11) is 0. The molecule has 0 saturated heterocycles. The van der Waals surface area contributed by atoms with Gasteiger partial charge in [-0.1, -0.05) is 23.7 Å². The van der Waals surface area contributed by atoms with Gasteiger partial charge in [0.05, 0.1) is 21.6 Å². The highest BCUT2D eigenvalue weighted by Crippen LogP contribution is 2.35. The van der Waals surface area contributed by atoms with Crippen LogP contribution in [0.3, 0.4) is 0 Å². The Morgan fingerprint density at radius 3 is 2.43 bits per heavy atom. The van der Waals surface area contributed by atoms with Gasteiger partial charge in [0, 0.05) is 17.7 Å². The third-order valence-electron chi connectivity index (χ3n) is 3.30. The maximum Gasteiger partial charge on any atom is 0.137 e. The van der Waals surface area contributed by atoms with Crippen molar-refractivity contribution in [3.05, 3.63) is 64.4 Å². The number of aromatic nitrogens is 1. The van der Waals surface area contributed by atoms with Gasteiger partial charge >= 0.3 is 0 Å². The topological polar surface area (TPSA) is 12.9 Å². The van der Waals surface area contributed by atoms with Crippen molar-refractivity contribution in [3.63, 3.8) is 0 Å². The Morgan fingerprint density at radius 1 is 1.00 bits per heavy atom. The first-order valence-corrected chi connectivity index (χ1v) is 6.56. The lowest BCUT2D eigenvalue weighted by Crippen LogP contribution is -1.96. The molecule has 0 unspecified atom stereocenters. The molecule has 0 fully saturated rings. The van der Waals surface area contributed by atoms with Gasteiger partial charge in [-0.2, -0.15) is 0 Å². The molecule has 0 aliphatic carbocycles. The maximum absolute atomic E-state index is 13.9. The lowest BCUT2D eigenvalue weighted by Gasteiger charge is -2.11. The van der Waals surface area contributed by atoms with Crippen LogP contribution < -0.4 is 0 Å². The summed E-state index contributed by atoms with van der Waals surface area (Å²) in [6, 6.07) is 7.87. The Morgan fingerprint density at radius 2 is 1.71 bits per heavy atom. The predicted octanol–water partition coefficient (Wildman–Crippen LogP) is 5.28. The summed E-state index contributed by atoms with van der Waals surface area (Å²) in [6.45, 7) is 1.62. The molecule has 3 aromatic rings. The first-order chi connectivity index (χ1) is 9.99. The molecule has 0 radical (unpaired) electrons. The van der Waals surface area contributed by atoms with Crippen LogP contribution in [0.25, 0.3) is 22.2 Å². The van der Waals surface area contributed by atoms with E-state index >= 15 is 0 Å². The summed E-state index contributed by atoms with van der Waals surface area (Å²) in [5.41, 5.74) is 1.01. The van der Waals surface area contributed by atoms with E-state index < -0.39 is 17.5 Å². The quantitative estimate of drug-likeness (QED) is 0.596. The van der Waals surface area contributed by atoms with Crippen molar-refractivity contribution in [1.29, 1.82) is 0 Å². The maximum atomic E-state index is 13.9. The van der Waals surface area contributed by atoms with E-state index in [1.54, 1.807) is 25.1 Å². The molecule has 1 aromatic heterocycles. The minimum Gasteiger partial charge on any atom is -0.247 e. The minimum atomic E-state index is -0.786. The SMILES string of the molecule is Cc1c(-c2ccccc2F)nc2cc(F)cc(F)c2c1Cl. The lowest BCUT2D eigenvalue weighted by atomic mass is 10.0. The van der Waals surface area contributed by atoms with E-state index in [2.05, 4.69) is 4.98 Å². The molecular weight excluding hydrogens is 299 g/mol. The van der Waals surface area contributed by atoms with E-state index in [4.69, 9.17) is 11.6 Å². The second kappa shape index (κ2) is 5.04. The number of hydrogen-bond donors (Lipinski definition) is 0. The number of fused-ring (bicyclic) bond motifs is 1. The number of nitrogens with zero attached hydrogens (tertiary/aromatic N) is 1. The van der Waals surface area contributed by atoms with Crippen molar-refractivity contribution in [1.82, 2.24) is 4.98 Å². The predicted molar refractivity (Wildman–Crippen MR) is 76.8 cm³/mol. The lowest BCUT2D eigenvalue weighted by molar-refractivity contribution is 0.591. The van der Waals surface area contributed by atoms with Gasteiger partial charge in [0.15, 0.2) is 0 Å². The van der Waals surface area contributed by atoms with Crippen molar-refractivity contribution in [2.45, 2.75) is 6.92 Å². The molecule has 5 heteroatoms. The smallest absolute Gasteiger partial charge is 0.137 e. The molecule has 0 atom stereocenters. The summed E-state index contributed by atoms with van der Waals surface area (Å²) in [6.07, 6.45) is 0. The highest BCUT2D eigenvalue weighted by atomic mass is 35.5. The van der Waals surface area contributed by atoms with Crippen LogP contribution in [0.2, 0.25) is 5.02 Å². The zero-order chi connectivity index (χ0) is 15.1. The monoisotopic (exact) mass is 307 g/mol. The fourth-order valence-corrected chi connectivity index (χ4v) is 2.55. The molecule has 1 nitrogen and oxygen atoms in total. The van der Waals surface area contributed by atoms with Crippen molar-refractivity contribution in [3.8, 4) is 11.3 Å². The molecule has 0 N–H and O–H groups in total. The second-order valence-corrected chi connectivity index (χ2v) is 5.04. The second-order valence-electron chi connectivity index (χ2n) is 4.66. The third-order valence-corrected chi connectivity index (χ3v) is 3.77.